The van der Waals surface area contributed by atoms with Crippen molar-refractivity contribution in [3.05, 3.63) is 77.9 Å². The number of aromatic nitrogens is 2. The zero-order valence-electron chi connectivity index (χ0n) is 14.7. The number of imidazole rings is 1. The summed E-state index contributed by atoms with van der Waals surface area (Å²) < 4.78 is 4.50. The molecule has 0 aliphatic carbocycles. The van der Waals surface area contributed by atoms with Crippen molar-refractivity contribution in [3.8, 4) is 11.4 Å². The van der Waals surface area contributed by atoms with Gasteiger partial charge in [-0.05, 0) is 41.7 Å². The van der Waals surface area contributed by atoms with Crippen molar-refractivity contribution in [1.82, 2.24) is 4.57 Å². The summed E-state index contributed by atoms with van der Waals surface area (Å²) in [7, 11) is 0. The Labute approximate surface area is 139 Å². The van der Waals surface area contributed by atoms with E-state index >= 15 is 0 Å². The number of aryl methyl sites for hydroxylation is 1. The fraction of sp³-hybridized carbons (Fsp3) is 0.286. The summed E-state index contributed by atoms with van der Waals surface area (Å²) in [5, 5.41) is 0. The van der Waals surface area contributed by atoms with Crippen LogP contribution in [0.15, 0.2) is 60.9 Å². The van der Waals surface area contributed by atoms with Crippen molar-refractivity contribution in [2.75, 3.05) is 0 Å². The predicted molar refractivity (Wildman–Crippen MR) is 95.5 cm³/mol. The lowest BCUT2D eigenvalue weighted by molar-refractivity contribution is -0.602. The monoisotopic (exact) mass is 305 g/mol. The molecule has 23 heavy (non-hydrogen) atoms. The second-order valence-corrected chi connectivity index (χ2v) is 7.17. The van der Waals surface area contributed by atoms with Crippen LogP contribution in [0.1, 0.15) is 37.7 Å². The Morgan fingerprint density at radius 2 is 1.61 bits per heavy atom. The number of nitrogens with zero attached hydrogens (tertiary/aromatic N) is 2. The first-order valence-electron chi connectivity index (χ1n) is 8.14. The van der Waals surface area contributed by atoms with Gasteiger partial charge in [-0.3, -0.25) is 0 Å². The second kappa shape index (κ2) is 5.69. The highest BCUT2D eigenvalue weighted by atomic mass is 15.2. The molecule has 0 N–H and O–H groups in total. The van der Waals surface area contributed by atoms with Gasteiger partial charge in [0.1, 0.15) is 23.8 Å². The predicted octanol–water partition coefficient (Wildman–Crippen LogP) is 4.67. The third-order valence-electron chi connectivity index (χ3n) is 4.43. The zero-order valence-corrected chi connectivity index (χ0v) is 14.7. The van der Waals surface area contributed by atoms with Gasteiger partial charge in [0.25, 0.3) is 5.82 Å². The molecule has 3 aromatic rings. The number of rotatable bonds is 2. The van der Waals surface area contributed by atoms with Crippen molar-refractivity contribution < 1.29 is 4.57 Å². The average Bonchev–Trinajstić information content (AvgIpc) is 2.89. The zero-order chi connectivity index (χ0) is 16.6. The van der Waals surface area contributed by atoms with Crippen LogP contribution < -0.4 is 4.57 Å². The van der Waals surface area contributed by atoms with Gasteiger partial charge in [0.15, 0.2) is 0 Å². The molecule has 0 radical (unpaired) electrons. The van der Waals surface area contributed by atoms with E-state index in [1.54, 1.807) is 0 Å². The number of benzene rings is 2. The minimum absolute atomic E-state index is 0.152. The Morgan fingerprint density at radius 1 is 0.913 bits per heavy atom. The van der Waals surface area contributed by atoms with Crippen molar-refractivity contribution in [2.24, 2.45) is 0 Å². The van der Waals surface area contributed by atoms with E-state index in [9.17, 15) is 0 Å². The lowest BCUT2D eigenvalue weighted by Gasteiger charge is -2.20. The molecule has 2 nitrogen and oxygen atoms in total. The Bertz CT molecular complexity index is 821. The molecule has 0 saturated carbocycles. The van der Waals surface area contributed by atoms with Gasteiger partial charge in [-0.2, -0.15) is 9.13 Å². The highest BCUT2D eigenvalue weighted by Crippen LogP contribution is 2.25. The van der Waals surface area contributed by atoms with Crippen molar-refractivity contribution >= 4 is 0 Å². The molecule has 2 heteroatoms. The minimum Gasteiger partial charge on any atom is -0.200 e. The fourth-order valence-electron chi connectivity index (χ4n) is 2.92. The summed E-state index contributed by atoms with van der Waals surface area (Å²) >= 11 is 0. The molecule has 0 amide bonds. The van der Waals surface area contributed by atoms with E-state index in [0.29, 0.717) is 0 Å². The molecule has 0 spiro atoms. The third-order valence-corrected chi connectivity index (χ3v) is 4.43. The van der Waals surface area contributed by atoms with Crippen LogP contribution in [0.3, 0.4) is 0 Å². The first kappa shape index (κ1) is 15.5. The molecule has 1 aromatic heterocycles. The molecule has 0 unspecified atom stereocenters. The van der Waals surface area contributed by atoms with E-state index in [2.05, 4.69) is 98.6 Å². The Hall–Kier alpha value is -2.35. The first-order valence-corrected chi connectivity index (χ1v) is 8.14. The Balaban J connectivity index is 2.12. The number of hydrogen-bond donors (Lipinski definition) is 0. The summed E-state index contributed by atoms with van der Waals surface area (Å²) in [6.07, 6.45) is 4.28. The average molecular weight is 305 g/mol. The maximum absolute atomic E-state index is 2.32. The normalized spacial score (nSPS) is 11.7. The molecule has 0 fully saturated rings. The Morgan fingerprint density at radius 3 is 2.26 bits per heavy atom. The quantitative estimate of drug-likeness (QED) is 0.608. The van der Waals surface area contributed by atoms with Gasteiger partial charge in [-0.25, -0.2) is 0 Å². The van der Waals surface area contributed by atoms with E-state index in [1.165, 1.54) is 28.3 Å². The SMILES string of the molecule is Cc1ccc(C(C)(C)C)cc1-[n+]1ccn(-c2ccccc2)c1C. The molecule has 1 heterocycles. The highest BCUT2D eigenvalue weighted by molar-refractivity contribution is 5.40. The van der Waals surface area contributed by atoms with E-state index in [4.69, 9.17) is 0 Å². The smallest absolute Gasteiger partial charge is 0.200 e. The minimum atomic E-state index is 0.152. The first-order chi connectivity index (χ1) is 10.9. The molecule has 0 bridgehead atoms. The number of para-hydroxylation sites is 1. The maximum atomic E-state index is 2.32. The summed E-state index contributed by atoms with van der Waals surface area (Å²) in [6.45, 7) is 11.1. The van der Waals surface area contributed by atoms with E-state index in [0.717, 1.165) is 0 Å². The van der Waals surface area contributed by atoms with Crippen LogP contribution in [-0.2, 0) is 5.41 Å². The van der Waals surface area contributed by atoms with Crippen LogP contribution in [0.4, 0.5) is 0 Å². The van der Waals surface area contributed by atoms with Gasteiger partial charge in [0, 0.05) is 6.92 Å². The van der Waals surface area contributed by atoms with E-state index in [-0.39, 0.29) is 5.41 Å². The molecule has 118 valence electrons. The summed E-state index contributed by atoms with van der Waals surface area (Å²) in [5.41, 5.74) is 5.24. The van der Waals surface area contributed by atoms with Gasteiger partial charge in [-0.15, -0.1) is 0 Å². The van der Waals surface area contributed by atoms with Gasteiger partial charge in [-0.1, -0.05) is 51.1 Å². The van der Waals surface area contributed by atoms with Crippen LogP contribution in [-0.4, -0.2) is 4.57 Å². The summed E-state index contributed by atoms with van der Waals surface area (Å²) in [6, 6.07) is 17.2. The van der Waals surface area contributed by atoms with Crippen LogP contribution in [0.25, 0.3) is 11.4 Å². The van der Waals surface area contributed by atoms with Crippen LogP contribution >= 0.6 is 0 Å². The summed E-state index contributed by atoms with van der Waals surface area (Å²) in [5.74, 6) is 1.20. The molecule has 2 aromatic carbocycles. The van der Waals surface area contributed by atoms with Crippen LogP contribution in [0.2, 0.25) is 0 Å². The van der Waals surface area contributed by atoms with Crippen molar-refractivity contribution in [2.45, 2.75) is 40.0 Å². The molecular weight excluding hydrogens is 280 g/mol. The van der Waals surface area contributed by atoms with E-state index in [1.807, 2.05) is 6.07 Å². The molecule has 3 rings (SSSR count). The van der Waals surface area contributed by atoms with E-state index < -0.39 is 0 Å². The summed E-state index contributed by atoms with van der Waals surface area (Å²) in [4.78, 5) is 0. The van der Waals surface area contributed by atoms with Crippen LogP contribution in [0, 0.1) is 13.8 Å². The lowest BCUT2D eigenvalue weighted by Crippen LogP contribution is -2.34. The highest BCUT2D eigenvalue weighted by Gasteiger charge is 2.20. The molecule has 0 atom stereocenters. The second-order valence-electron chi connectivity index (χ2n) is 7.17. The number of hydrogen-bond acceptors (Lipinski definition) is 0. The maximum Gasteiger partial charge on any atom is 0.263 e. The standard InChI is InChI=1S/C21H25N2/c1-16-11-12-18(21(3,4)5)15-20(16)23-14-13-22(17(23)2)19-9-7-6-8-10-19/h6-15H,1-5H3/q+1. The van der Waals surface area contributed by atoms with Crippen LogP contribution in [0.5, 0.6) is 0 Å². The largest absolute Gasteiger partial charge is 0.263 e. The van der Waals surface area contributed by atoms with Gasteiger partial charge >= 0.3 is 0 Å². The van der Waals surface area contributed by atoms with Gasteiger partial charge in [0.05, 0.1) is 0 Å². The Kier molecular flexibility index (Phi) is 3.85. The molecule has 0 aliphatic heterocycles. The topological polar surface area (TPSA) is 8.81 Å². The molecular formula is C21H25N2+. The third kappa shape index (κ3) is 2.94. The molecule has 0 aliphatic rings. The lowest BCUT2D eigenvalue weighted by atomic mass is 9.86. The van der Waals surface area contributed by atoms with Gasteiger partial charge in [0.2, 0.25) is 0 Å². The van der Waals surface area contributed by atoms with Crippen molar-refractivity contribution in [3.63, 3.8) is 0 Å². The fourth-order valence-corrected chi connectivity index (χ4v) is 2.92. The van der Waals surface area contributed by atoms with Crippen molar-refractivity contribution in [1.29, 1.82) is 0 Å². The molecule has 0 saturated heterocycles. The van der Waals surface area contributed by atoms with Gasteiger partial charge < -0.3 is 0 Å².